The lowest BCUT2D eigenvalue weighted by atomic mass is 10.0. The fourth-order valence-corrected chi connectivity index (χ4v) is 2.92. The lowest BCUT2D eigenvalue weighted by Gasteiger charge is -2.03. The molecule has 3 rings (SSSR count). The lowest BCUT2D eigenvalue weighted by Crippen LogP contribution is -2.18. The number of thiophene rings is 1. The van der Waals surface area contributed by atoms with Crippen LogP contribution in [0.15, 0.2) is 41.5 Å². The molecule has 1 N–H and O–H groups in total. The van der Waals surface area contributed by atoms with Crippen molar-refractivity contribution in [3.8, 4) is 0 Å². The van der Waals surface area contributed by atoms with Crippen LogP contribution < -0.4 is 0 Å². The zero-order chi connectivity index (χ0) is 15.4. The summed E-state index contributed by atoms with van der Waals surface area (Å²) in [5.41, 5.74) is 2.80. The van der Waals surface area contributed by atoms with Crippen LogP contribution in [0, 0.1) is 0 Å². The predicted octanol–water partition coefficient (Wildman–Crippen LogP) is 1.85. The first-order valence-corrected chi connectivity index (χ1v) is 7.55. The Kier molecular flexibility index (Phi) is 4.15. The molecule has 0 atom stereocenters. The molecule has 3 aromatic rings. The van der Waals surface area contributed by atoms with E-state index in [1.807, 2.05) is 29.0 Å². The van der Waals surface area contributed by atoms with Gasteiger partial charge in [0.25, 0.3) is 5.78 Å². The summed E-state index contributed by atoms with van der Waals surface area (Å²) in [6, 6.07) is 5.72. The topological polar surface area (TPSA) is 88.6 Å². The molecule has 0 aliphatic heterocycles. The SMILES string of the molecule is O=C(Cc1cscc1Cc1ccccn1)C(=O)c1ncn[nH]1. The van der Waals surface area contributed by atoms with Crippen molar-refractivity contribution in [2.75, 3.05) is 0 Å². The van der Waals surface area contributed by atoms with Gasteiger partial charge in [-0.1, -0.05) is 6.07 Å². The smallest absolute Gasteiger partial charge is 0.265 e. The highest BCUT2D eigenvalue weighted by atomic mass is 32.1. The van der Waals surface area contributed by atoms with Crippen LogP contribution >= 0.6 is 11.3 Å². The third-order valence-corrected chi connectivity index (χ3v) is 4.01. The summed E-state index contributed by atoms with van der Waals surface area (Å²) in [5.74, 6) is -1.17. The van der Waals surface area contributed by atoms with E-state index >= 15 is 0 Å². The van der Waals surface area contributed by atoms with E-state index in [9.17, 15) is 9.59 Å². The second-order valence-electron chi connectivity index (χ2n) is 4.68. The van der Waals surface area contributed by atoms with E-state index in [0.29, 0.717) is 6.42 Å². The summed E-state index contributed by atoms with van der Waals surface area (Å²) in [6.07, 6.45) is 3.65. The quantitative estimate of drug-likeness (QED) is 0.554. The summed E-state index contributed by atoms with van der Waals surface area (Å²) >= 11 is 1.51. The molecule has 0 saturated heterocycles. The van der Waals surface area contributed by atoms with Crippen molar-refractivity contribution in [2.45, 2.75) is 12.8 Å². The molecule has 7 heteroatoms. The van der Waals surface area contributed by atoms with E-state index in [-0.39, 0.29) is 12.2 Å². The van der Waals surface area contributed by atoms with Crippen LogP contribution in [0.5, 0.6) is 0 Å². The van der Waals surface area contributed by atoms with Crippen molar-refractivity contribution in [1.29, 1.82) is 0 Å². The fraction of sp³-hybridized carbons (Fsp3) is 0.133. The maximum absolute atomic E-state index is 12.1. The number of H-pyrrole nitrogens is 1. The molecule has 0 fully saturated rings. The Balaban J connectivity index is 1.72. The molecule has 110 valence electrons. The number of aromatic nitrogens is 4. The van der Waals surface area contributed by atoms with Gasteiger partial charge in [0.2, 0.25) is 5.78 Å². The van der Waals surface area contributed by atoms with Gasteiger partial charge < -0.3 is 0 Å². The molecule has 0 saturated carbocycles. The molecular formula is C15H12N4O2S. The number of pyridine rings is 1. The first-order chi connectivity index (χ1) is 10.7. The number of nitrogens with one attached hydrogen (secondary N) is 1. The number of ketones is 2. The third kappa shape index (κ3) is 3.15. The van der Waals surface area contributed by atoms with Gasteiger partial charge in [-0.2, -0.15) is 16.4 Å². The maximum atomic E-state index is 12.1. The van der Waals surface area contributed by atoms with Crippen LogP contribution in [-0.4, -0.2) is 31.7 Å². The van der Waals surface area contributed by atoms with Gasteiger partial charge in [0.15, 0.2) is 5.82 Å². The molecule has 6 nitrogen and oxygen atoms in total. The highest BCUT2D eigenvalue weighted by molar-refractivity contribution is 7.08. The van der Waals surface area contributed by atoms with E-state index in [2.05, 4.69) is 20.2 Å². The number of nitrogens with zero attached hydrogens (tertiary/aromatic N) is 3. The molecule has 3 heterocycles. The van der Waals surface area contributed by atoms with Crippen molar-refractivity contribution in [3.05, 3.63) is 64.1 Å². The molecule has 0 aliphatic carbocycles. The summed E-state index contributed by atoms with van der Waals surface area (Å²) in [4.78, 5) is 32.0. The minimum absolute atomic E-state index is 0.0218. The number of aromatic amines is 1. The van der Waals surface area contributed by atoms with E-state index in [1.165, 1.54) is 17.7 Å². The van der Waals surface area contributed by atoms with Gasteiger partial charge in [0.05, 0.1) is 0 Å². The molecule has 0 amide bonds. The lowest BCUT2D eigenvalue weighted by molar-refractivity contribution is -0.114. The Bertz CT molecular complexity index is 781. The van der Waals surface area contributed by atoms with Crippen LogP contribution in [-0.2, 0) is 17.6 Å². The van der Waals surface area contributed by atoms with Crippen LogP contribution in [0.1, 0.15) is 27.4 Å². The number of hydrogen-bond donors (Lipinski definition) is 1. The van der Waals surface area contributed by atoms with E-state index in [0.717, 1.165) is 16.8 Å². The van der Waals surface area contributed by atoms with Crippen LogP contribution in [0.25, 0.3) is 0 Å². The normalized spacial score (nSPS) is 10.5. The van der Waals surface area contributed by atoms with Crippen LogP contribution in [0.4, 0.5) is 0 Å². The highest BCUT2D eigenvalue weighted by Gasteiger charge is 2.20. The second kappa shape index (κ2) is 6.40. The van der Waals surface area contributed by atoms with E-state index in [4.69, 9.17) is 0 Å². The number of carbonyl (C=O) groups is 2. The predicted molar refractivity (Wildman–Crippen MR) is 80.8 cm³/mol. The first kappa shape index (κ1) is 14.3. The van der Waals surface area contributed by atoms with Crippen molar-refractivity contribution in [3.63, 3.8) is 0 Å². The van der Waals surface area contributed by atoms with Gasteiger partial charge in [-0.15, -0.1) is 0 Å². The summed E-state index contributed by atoms with van der Waals surface area (Å²) < 4.78 is 0. The summed E-state index contributed by atoms with van der Waals surface area (Å²) in [6.45, 7) is 0. The molecule has 0 unspecified atom stereocenters. The van der Waals surface area contributed by atoms with Crippen molar-refractivity contribution in [1.82, 2.24) is 20.2 Å². The second-order valence-corrected chi connectivity index (χ2v) is 5.43. The minimum atomic E-state index is -0.646. The summed E-state index contributed by atoms with van der Waals surface area (Å²) in [5, 5.41) is 9.87. The minimum Gasteiger partial charge on any atom is -0.290 e. The summed E-state index contributed by atoms with van der Waals surface area (Å²) in [7, 11) is 0. The molecule has 0 spiro atoms. The molecular weight excluding hydrogens is 300 g/mol. The van der Waals surface area contributed by atoms with E-state index in [1.54, 1.807) is 6.20 Å². The molecule has 0 aliphatic rings. The first-order valence-electron chi connectivity index (χ1n) is 6.61. The number of Topliss-reactive ketones (excluding diaryl/α,β-unsaturated/α-hetero) is 2. The van der Waals surface area contributed by atoms with Gasteiger partial charge in [-0.25, -0.2) is 4.98 Å². The number of hydrogen-bond acceptors (Lipinski definition) is 6. The Labute approximate surface area is 130 Å². The maximum Gasteiger partial charge on any atom is 0.265 e. The molecule has 0 radical (unpaired) electrons. The Morgan fingerprint density at radius 3 is 2.73 bits per heavy atom. The largest absolute Gasteiger partial charge is 0.290 e. The third-order valence-electron chi connectivity index (χ3n) is 3.17. The fourth-order valence-electron chi connectivity index (χ4n) is 2.06. The monoisotopic (exact) mass is 312 g/mol. The Morgan fingerprint density at radius 2 is 2.00 bits per heavy atom. The number of carbonyl (C=O) groups excluding carboxylic acids is 2. The molecule has 3 aromatic heterocycles. The van der Waals surface area contributed by atoms with E-state index < -0.39 is 11.6 Å². The van der Waals surface area contributed by atoms with Gasteiger partial charge in [0, 0.05) is 24.7 Å². The molecule has 0 aromatic carbocycles. The average Bonchev–Trinajstić information content (AvgIpc) is 3.20. The standard InChI is InChI=1S/C15H12N4O2S/c20-13(14(21)15-17-9-18-19-15)6-11-8-22-7-10(11)5-12-3-1-2-4-16-12/h1-4,7-9H,5-6H2,(H,17,18,19). The van der Waals surface area contributed by atoms with Crippen LogP contribution in [0.2, 0.25) is 0 Å². The molecule has 0 bridgehead atoms. The van der Waals surface area contributed by atoms with Gasteiger partial charge in [-0.3, -0.25) is 19.7 Å². The Hall–Kier alpha value is -2.67. The zero-order valence-corrected chi connectivity index (χ0v) is 12.3. The van der Waals surface area contributed by atoms with Crippen molar-refractivity contribution < 1.29 is 9.59 Å². The van der Waals surface area contributed by atoms with Crippen molar-refractivity contribution in [2.24, 2.45) is 0 Å². The zero-order valence-electron chi connectivity index (χ0n) is 11.5. The Morgan fingerprint density at radius 1 is 1.14 bits per heavy atom. The average molecular weight is 312 g/mol. The van der Waals surface area contributed by atoms with Gasteiger partial charge in [-0.05, 0) is 34.0 Å². The van der Waals surface area contributed by atoms with Gasteiger partial charge >= 0.3 is 0 Å². The highest BCUT2D eigenvalue weighted by Crippen LogP contribution is 2.19. The van der Waals surface area contributed by atoms with Crippen LogP contribution in [0.3, 0.4) is 0 Å². The van der Waals surface area contributed by atoms with Gasteiger partial charge in [0.1, 0.15) is 6.33 Å². The molecule has 22 heavy (non-hydrogen) atoms. The van der Waals surface area contributed by atoms with Crippen molar-refractivity contribution >= 4 is 22.9 Å². The number of rotatable bonds is 6.